The Morgan fingerprint density at radius 3 is 3.00 bits per heavy atom. The zero-order valence-corrected chi connectivity index (χ0v) is 11.6. The molecular formula is C15H16N2O4. The lowest BCUT2D eigenvalue weighted by atomic mass is 10.1. The molecule has 0 aliphatic rings. The van der Waals surface area contributed by atoms with Gasteiger partial charge in [0.25, 0.3) is 0 Å². The second-order valence-electron chi connectivity index (χ2n) is 4.22. The average Bonchev–Trinajstić information content (AvgIpc) is 2.99. The molecule has 0 aliphatic heterocycles. The van der Waals surface area contributed by atoms with Crippen LogP contribution in [0.4, 0.5) is 0 Å². The second kappa shape index (κ2) is 7.14. The molecular weight excluding hydrogens is 272 g/mol. The van der Waals surface area contributed by atoms with Crippen molar-refractivity contribution in [3.05, 3.63) is 48.6 Å². The highest BCUT2D eigenvalue weighted by molar-refractivity contribution is 5.86. The molecule has 1 aromatic heterocycles. The van der Waals surface area contributed by atoms with Gasteiger partial charge in [-0.05, 0) is 18.2 Å². The fourth-order valence-corrected chi connectivity index (χ4v) is 1.75. The number of hydrogen-bond acceptors (Lipinski definition) is 4. The predicted octanol–water partition coefficient (Wildman–Crippen LogP) is 2.07. The largest absolute Gasteiger partial charge is 0.497 e. The summed E-state index contributed by atoms with van der Waals surface area (Å²) >= 11 is 0. The number of rotatable bonds is 7. The minimum absolute atomic E-state index is 0.442. The van der Waals surface area contributed by atoms with Gasteiger partial charge in [0.05, 0.1) is 20.0 Å². The van der Waals surface area contributed by atoms with Crippen molar-refractivity contribution in [1.82, 2.24) is 9.55 Å². The first-order valence-corrected chi connectivity index (χ1v) is 6.36. The predicted molar refractivity (Wildman–Crippen MR) is 77.4 cm³/mol. The second-order valence-corrected chi connectivity index (χ2v) is 4.22. The fraction of sp³-hybridized carbons (Fsp3) is 0.200. The zero-order chi connectivity index (χ0) is 15.1. The molecule has 110 valence electrons. The van der Waals surface area contributed by atoms with E-state index in [1.165, 1.54) is 6.08 Å². The molecule has 0 amide bonds. The van der Waals surface area contributed by atoms with Gasteiger partial charge in [0.1, 0.15) is 18.1 Å². The number of carboxylic acids is 1. The molecule has 0 unspecified atom stereocenters. The van der Waals surface area contributed by atoms with Crippen LogP contribution in [0.15, 0.2) is 43.0 Å². The van der Waals surface area contributed by atoms with Gasteiger partial charge in [0.2, 0.25) is 0 Å². The molecule has 0 radical (unpaired) electrons. The van der Waals surface area contributed by atoms with Crippen LogP contribution in [0, 0.1) is 0 Å². The van der Waals surface area contributed by atoms with E-state index >= 15 is 0 Å². The number of hydrogen-bond donors (Lipinski definition) is 1. The Morgan fingerprint density at radius 1 is 1.48 bits per heavy atom. The maximum atomic E-state index is 10.6. The van der Waals surface area contributed by atoms with Crippen LogP contribution in [0.1, 0.15) is 5.56 Å². The lowest BCUT2D eigenvalue weighted by Gasteiger charge is -2.11. The molecule has 0 spiro atoms. The molecule has 21 heavy (non-hydrogen) atoms. The van der Waals surface area contributed by atoms with E-state index in [1.54, 1.807) is 37.8 Å². The van der Waals surface area contributed by atoms with Crippen LogP contribution < -0.4 is 9.47 Å². The van der Waals surface area contributed by atoms with Crippen LogP contribution in [0.25, 0.3) is 6.08 Å². The quantitative estimate of drug-likeness (QED) is 0.789. The van der Waals surface area contributed by atoms with Crippen molar-refractivity contribution in [2.75, 3.05) is 13.7 Å². The van der Waals surface area contributed by atoms with Crippen LogP contribution >= 0.6 is 0 Å². The van der Waals surface area contributed by atoms with Crippen LogP contribution in [-0.4, -0.2) is 34.3 Å². The Kier molecular flexibility index (Phi) is 4.98. The molecule has 2 rings (SSSR count). The molecule has 0 fully saturated rings. The number of carbonyl (C=O) groups is 1. The monoisotopic (exact) mass is 288 g/mol. The lowest BCUT2D eigenvalue weighted by Crippen LogP contribution is -2.07. The van der Waals surface area contributed by atoms with Crippen molar-refractivity contribution in [2.24, 2.45) is 0 Å². The molecule has 1 N–H and O–H groups in total. The van der Waals surface area contributed by atoms with Crippen molar-refractivity contribution in [2.45, 2.75) is 6.54 Å². The fourth-order valence-electron chi connectivity index (χ4n) is 1.75. The number of imidazole rings is 1. The van der Waals surface area contributed by atoms with E-state index < -0.39 is 5.97 Å². The summed E-state index contributed by atoms with van der Waals surface area (Å²) < 4.78 is 12.8. The maximum absolute atomic E-state index is 10.6. The smallest absolute Gasteiger partial charge is 0.328 e. The van der Waals surface area contributed by atoms with Gasteiger partial charge in [-0.2, -0.15) is 0 Å². The summed E-state index contributed by atoms with van der Waals surface area (Å²) in [7, 11) is 1.57. The Balaban J connectivity index is 2.08. The maximum Gasteiger partial charge on any atom is 0.328 e. The number of carboxylic acid groups (broad SMARTS) is 1. The number of aromatic nitrogens is 2. The first-order chi connectivity index (χ1) is 10.2. The van der Waals surface area contributed by atoms with Gasteiger partial charge in [0, 0.05) is 30.1 Å². The average molecular weight is 288 g/mol. The Hall–Kier alpha value is -2.76. The summed E-state index contributed by atoms with van der Waals surface area (Å²) in [4.78, 5) is 14.6. The molecule has 6 nitrogen and oxygen atoms in total. The number of nitrogens with zero attached hydrogens (tertiary/aromatic N) is 2. The number of methoxy groups -OCH3 is 1. The molecule has 0 aliphatic carbocycles. The van der Waals surface area contributed by atoms with E-state index in [0.29, 0.717) is 30.2 Å². The minimum atomic E-state index is -1.00. The van der Waals surface area contributed by atoms with E-state index in [2.05, 4.69) is 4.98 Å². The Morgan fingerprint density at radius 2 is 2.33 bits per heavy atom. The summed E-state index contributed by atoms with van der Waals surface area (Å²) in [6.45, 7) is 1.09. The van der Waals surface area contributed by atoms with Gasteiger partial charge in [-0.1, -0.05) is 0 Å². The number of aliphatic carboxylic acids is 1. The third-order valence-corrected chi connectivity index (χ3v) is 2.79. The molecule has 0 atom stereocenters. The summed E-state index contributed by atoms with van der Waals surface area (Å²) in [6.07, 6.45) is 7.83. The van der Waals surface area contributed by atoms with Crippen molar-refractivity contribution in [1.29, 1.82) is 0 Å². The summed E-state index contributed by atoms with van der Waals surface area (Å²) in [5, 5.41) is 8.70. The van der Waals surface area contributed by atoms with E-state index in [1.807, 2.05) is 10.8 Å². The Bertz CT molecular complexity index is 621. The summed E-state index contributed by atoms with van der Waals surface area (Å²) in [5.74, 6) is 0.224. The molecule has 1 heterocycles. The number of ether oxygens (including phenoxy) is 2. The van der Waals surface area contributed by atoms with Crippen LogP contribution in [-0.2, 0) is 11.3 Å². The zero-order valence-electron chi connectivity index (χ0n) is 11.6. The van der Waals surface area contributed by atoms with E-state index in [-0.39, 0.29) is 0 Å². The van der Waals surface area contributed by atoms with Gasteiger partial charge in [-0.25, -0.2) is 9.78 Å². The molecule has 0 saturated heterocycles. The standard InChI is InChI=1S/C15H16N2O4/c1-20-13-4-2-12(3-5-15(18)19)14(10-13)21-9-8-17-7-6-16-11-17/h2-7,10-11H,8-9H2,1H3,(H,18,19). The van der Waals surface area contributed by atoms with Crippen LogP contribution in [0.5, 0.6) is 11.5 Å². The van der Waals surface area contributed by atoms with E-state index in [9.17, 15) is 4.79 Å². The van der Waals surface area contributed by atoms with Gasteiger partial charge in [-0.15, -0.1) is 0 Å². The van der Waals surface area contributed by atoms with E-state index in [4.69, 9.17) is 14.6 Å². The highest BCUT2D eigenvalue weighted by Gasteiger charge is 2.04. The third-order valence-electron chi connectivity index (χ3n) is 2.79. The van der Waals surface area contributed by atoms with Crippen molar-refractivity contribution >= 4 is 12.0 Å². The highest BCUT2D eigenvalue weighted by Crippen LogP contribution is 2.26. The summed E-state index contributed by atoms with van der Waals surface area (Å²) in [6, 6.07) is 5.24. The van der Waals surface area contributed by atoms with Gasteiger partial charge < -0.3 is 19.1 Å². The molecule has 2 aromatic rings. The molecule has 6 heteroatoms. The molecule has 0 saturated carbocycles. The third kappa shape index (κ3) is 4.38. The van der Waals surface area contributed by atoms with Crippen molar-refractivity contribution in [3.8, 4) is 11.5 Å². The molecule has 1 aromatic carbocycles. The van der Waals surface area contributed by atoms with E-state index in [0.717, 1.165) is 6.08 Å². The first-order valence-electron chi connectivity index (χ1n) is 6.36. The van der Waals surface area contributed by atoms with Gasteiger partial charge in [-0.3, -0.25) is 0 Å². The van der Waals surface area contributed by atoms with Crippen LogP contribution in [0.3, 0.4) is 0 Å². The van der Waals surface area contributed by atoms with Crippen molar-refractivity contribution < 1.29 is 19.4 Å². The summed E-state index contributed by atoms with van der Waals surface area (Å²) in [5.41, 5.74) is 0.684. The van der Waals surface area contributed by atoms with Gasteiger partial charge >= 0.3 is 5.97 Å². The normalized spacial score (nSPS) is 10.7. The highest BCUT2D eigenvalue weighted by atomic mass is 16.5. The molecule has 0 bridgehead atoms. The SMILES string of the molecule is COc1ccc(C=CC(=O)O)c(OCCn2ccnc2)c1. The lowest BCUT2D eigenvalue weighted by molar-refractivity contribution is -0.131. The van der Waals surface area contributed by atoms with Gasteiger partial charge in [0.15, 0.2) is 0 Å². The first kappa shape index (κ1) is 14.6. The topological polar surface area (TPSA) is 73.6 Å². The Labute approximate surface area is 122 Å². The van der Waals surface area contributed by atoms with Crippen LogP contribution in [0.2, 0.25) is 0 Å². The number of benzene rings is 1. The van der Waals surface area contributed by atoms with Crippen molar-refractivity contribution in [3.63, 3.8) is 0 Å². The minimum Gasteiger partial charge on any atom is -0.497 e.